The van der Waals surface area contributed by atoms with Gasteiger partial charge in [-0.15, -0.1) is 0 Å². The summed E-state index contributed by atoms with van der Waals surface area (Å²) in [6.07, 6.45) is 1.52. The molecule has 2 aromatic rings. The van der Waals surface area contributed by atoms with Gasteiger partial charge in [0.05, 0.1) is 20.1 Å². The number of benzene rings is 2. The molecule has 1 aliphatic heterocycles. The minimum atomic E-state index is 0.0961. The molecule has 0 aromatic heterocycles. The number of rotatable bonds is 8. The summed E-state index contributed by atoms with van der Waals surface area (Å²) in [7, 11) is 1.62. The fraction of sp³-hybridized carbons (Fsp3) is 0.417. The van der Waals surface area contributed by atoms with Crippen molar-refractivity contribution in [1.29, 1.82) is 0 Å². The normalized spacial score (nSPS) is 13.8. The molecule has 2 amide bonds. The zero-order chi connectivity index (χ0) is 21.3. The van der Waals surface area contributed by atoms with Crippen LogP contribution in [0.5, 0.6) is 11.5 Å². The zero-order valence-electron chi connectivity index (χ0n) is 17.8. The Bertz CT molecular complexity index is 825. The molecule has 3 rings (SSSR count). The lowest BCUT2D eigenvalue weighted by atomic mass is 10.1. The number of aryl methyl sites for hydroxylation is 1. The quantitative estimate of drug-likeness (QED) is 0.628. The third-order valence-corrected chi connectivity index (χ3v) is 5.32. The van der Waals surface area contributed by atoms with E-state index in [1.54, 1.807) is 7.11 Å². The number of carbonyl (C=O) groups excluding carboxylic acids is 2. The highest BCUT2D eigenvalue weighted by molar-refractivity contribution is 5.80. The Morgan fingerprint density at radius 2 is 1.40 bits per heavy atom. The Balaban J connectivity index is 1.35. The molecule has 2 aromatic carbocycles. The van der Waals surface area contributed by atoms with Crippen LogP contribution < -0.4 is 9.47 Å². The second kappa shape index (κ2) is 10.7. The minimum Gasteiger partial charge on any atom is -0.497 e. The number of hydrogen-bond donors (Lipinski definition) is 0. The van der Waals surface area contributed by atoms with E-state index < -0.39 is 0 Å². The first-order valence-corrected chi connectivity index (χ1v) is 10.4. The summed E-state index contributed by atoms with van der Waals surface area (Å²) in [5, 5.41) is 0. The first kappa shape index (κ1) is 21.7. The highest BCUT2D eigenvalue weighted by Crippen LogP contribution is 2.14. The van der Waals surface area contributed by atoms with E-state index in [0.717, 1.165) is 17.1 Å². The van der Waals surface area contributed by atoms with Crippen molar-refractivity contribution in [3.05, 3.63) is 59.7 Å². The van der Waals surface area contributed by atoms with Crippen molar-refractivity contribution in [2.24, 2.45) is 0 Å². The van der Waals surface area contributed by atoms with Gasteiger partial charge in [0, 0.05) is 32.6 Å². The summed E-state index contributed by atoms with van der Waals surface area (Å²) in [6, 6.07) is 15.5. The van der Waals surface area contributed by atoms with E-state index in [0.29, 0.717) is 52.0 Å². The Labute approximate surface area is 178 Å². The molecule has 1 aliphatic rings. The molecule has 0 unspecified atom stereocenters. The van der Waals surface area contributed by atoms with Gasteiger partial charge in [0.15, 0.2) is 0 Å². The number of ether oxygens (including phenoxy) is 2. The van der Waals surface area contributed by atoms with Gasteiger partial charge in [0.2, 0.25) is 11.8 Å². The smallest absolute Gasteiger partial charge is 0.227 e. The molecule has 0 spiro atoms. The summed E-state index contributed by atoms with van der Waals surface area (Å²) in [6.45, 7) is 4.91. The zero-order valence-corrected chi connectivity index (χ0v) is 17.8. The Kier molecular flexibility index (Phi) is 7.71. The molecule has 0 aliphatic carbocycles. The molecule has 0 bridgehead atoms. The highest BCUT2D eigenvalue weighted by Gasteiger charge is 2.23. The van der Waals surface area contributed by atoms with E-state index in [9.17, 15) is 9.59 Å². The van der Waals surface area contributed by atoms with Gasteiger partial charge in [-0.3, -0.25) is 9.59 Å². The van der Waals surface area contributed by atoms with Gasteiger partial charge in [-0.25, -0.2) is 0 Å². The number of methoxy groups -OCH3 is 1. The number of carbonyl (C=O) groups is 2. The average Bonchev–Trinajstić information content (AvgIpc) is 2.78. The molecule has 160 valence electrons. The average molecular weight is 411 g/mol. The van der Waals surface area contributed by atoms with Gasteiger partial charge in [0.1, 0.15) is 11.5 Å². The van der Waals surface area contributed by atoms with Crippen molar-refractivity contribution < 1.29 is 19.1 Å². The molecule has 0 N–H and O–H groups in total. The van der Waals surface area contributed by atoms with Crippen molar-refractivity contribution >= 4 is 11.8 Å². The molecule has 30 heavy (non-hydrogen) atoms. The van der Waals surface area contributed by atoms with Crippen LogP contribution >= 0.6 is 0 Å². The number of nitrogens with zero attached hydrogens (tertiary/aromatic N) is 2. The van der Waals surface area contributed by atoms with Crippen LogP contribution in [0.15, 0.2) is 48.5 Å². The van der Waals surface area contributed by atoms with Crippen molar-refractivity contribution in [2.45, 2.75) is 26.2 Å². The maximum Gasteiger partial charge on any atom is 0.227 e. The fourth-order valence-corrected chi connectivity index (χ4v) is 3.44. The van der Waals surface area contributed by atoms with E-state index in [-0.39, 0.29) is 11.8 Å². The SMILES string of the molecule is COc1ccc(CC(=O)N2CCN(C(=O)CCCOc3ccc(C)cc3)CC2)cc1. The summed E-state index contributed by atoms with van der Waals surface area (Å²) in [5.74, 6) is 1.84. The van der Waals surface area contributed by atoms with Crippen LogP contribution in [0.2, 0.25) is 0 Å². The topological polar surface area (TPSA) is 59.1 Å². The van der Waals surface area contributed by atoms with Crippen LogP contribution in [0.3, 0.4) is 0 Å². The molecular formula is C24H30N2O4. The van der Waals surface area contributed by atoms with Crippen molar-refractivity contribution in [3.63, 3.8) is 0 Å². The second-order valence-electron chi connectivity index (χ2n) is 7.55. The molecule has 6 heteroatoms. The monoisotopic (exact) mass is 410 g/mol. The first-order chi connectivity index (χ1) is 14.5. The van der Waals surface area contributed by atoms with E-state index in [2.05, 4.69) is 0 Å². The van der Waals surface area contributed by atoms with Crippen LogP contribution in [0.25, 0.3) is 0 Å². The lowest BCUT2D eigenvalue weighted by Gasteiger charge is -2.35. The maximum absolute atomic E-state index is 12.5. The van der Waals surface area contributed by atoms with Crippen molar-refractivity contribution in [2.75, 3.05) is 39.9 Å². The van der Waals surface area contributed by atoms with E-state index in [1.165, 1.54) is 5.56 Å². The largest absolute Gasteiger partial charge is 0.497 e. The predicted molar refractivity (Wildman–Crippen MR) is 116 cm³/mol. The van der Waals surface area contributed by atoms with Gasteiger partial charge in [-0.2, -0.15) is 0 Å². The van der Waals surface area contributed by atoms with Crippen LogP contribution in [-0.4, -0.2) is 61.5 Å². The van der Waals surface area contributed by atoms with Crippen LogP contribution in [0.1, 0.15) is 24.0 Å². The molecule has 6 nitrogen and oxygen atoms in total. The van der Waals surface area contributed by atoms with Crippen molar-refractivity contribution in [1.82, 2.24) is 9.80 Å². The van der Waals surface area contributed by atoms with Gasteiger partial charge in [-0.1, -0.05) is 29.8 Å². The van der Waals surface area contributed by atoms with Gasteiger partial charge in [-0.05, 0) is 43.2 Å². The van der Waals surface area contributed by atoms with Gasteiger partial charge < -0.3 is 19.3 Å². The third-order valence-electron chi connectivity index (χ3n) is 5.32. The van der Waals surface area contributed by atoms with Gasteiger partial charge in [0.25, 0.3) is 0 Å². The molecule has 0 radical (unpaired) electrons. The molecule has 0 saturated carbocycles. The van der Waals surface area contributed by atoms with Crippen LogP contribution in [-0.2, 0) is 16.0 Å². The Hall–Kier alpha value is -3.02. The number of piperazine rings is 1. The Morgan fingerprint density at radius 1 is 0.833 bits per heavy atom. The van der Waals surface area contributed by atoms with E-state index >= 15 is 0 Å². The number of hydrogen-bond acceptors (Lipinski definition) is 4. The molecular weight excluding hydrogens is 380 g/mol. The van der Waals surface area contributed by atoms with Gasteiger partial charge >= 0.3 is 0 Å². The van der Waals surface area contributed by atoms with E-state index in [1.807, 2.05) is 65.3 Å². The second-order valence-corrected chi connectivity index (χ2v) is 7.55. The lowest BCUT2D eigenvalue weighted by molar-refractivity contribution is -0.139. The first-order valence-electron chi connectivity index (χ1n) is 10.4. The van der Waals surface area contributed by atoms with E-state index in [4.69, 9.17) is 9.47 Å². The third kappa shape index (κ3) is 6.24. The molecule has 1 heterocycles. The van der Waals surface area contributed by atoms with Crippen LogP contribution in [0.4, 0.5) is 0 Å². The molecule has 0 atom stereocenters. The van der Waals surface area contributed by atoms with Crippen molar-refractivity contribution in [3.8, 4) is 11.5 Å². The summed E-state index contributed by atoms with van der Waals surface area (Å²) >= 11 is 0. The number of amides is 2. The molecule has 1 saturated heterocycles. The lowest BCUT2D eigenvalue weighted by Crippen LogP contribution is -2.51. The fourth-order valence-electron chi connectivity index (χ4n) is 3.44. The predicted octanol–water partition coefficient (Wildman–Crippen LogP) is 3.08. The Morgan fingerprint density at radius 3 is 2.00 bits per heavy atom. The summed E-state index contributed by atoms with van der Waals surface area (Å²) < 4.78 is 10.8. The highest BCUT2D eigenvalue weighted by atomic mass is 16.5. The molecule has 1 fully saturated rings. The minimum absolute atomic E-state index is 0.0961. The maximum atomic E-state index is 12.5. The summed E-state index contributed by atoms with van der Waals surface area (Å²) in [5.41, 5.74) is 2.16. The standard InChI is InChI=1S/C24H30N2O4/c1-19-5-9-22(10-6-19)30-17-3-4-23(27)25-13-15-26(16-14-25)24(28)18-20-7-11-21(29-2)12-8-20/h5-12H,3-4,13-18H2,1-2H3. The summed E-state index contributed by atoms with van der Waals surface area (Å²) in [4.78, 5) is 28.7. The van der Waals surface area contributed by atoms with Crippen LogP contribution in [0, 0.1) is 6.92 Å².